The molecule has 0 bridgehead atoms. The van der Waals surface area contributed by atoms with Crippen molar-refractivity contribution in [1.29, 1.82) is 0 Å². The van der Waals surface area contributed by atoms with Gasteiger partial charge < -0.3 is 4.74 Å². The standard InChI is InChI=1S/C26H44O2/c1-4-6-8-14-20-26(23(3)27)25(18-7-5-2)19-13-10-15-21-28-22-24-16-11-9-12-17-24/h9,11-12,16-17,25-26H,4-8,10,13-15,18-22H2,1-3H3/t25-,26+/m0/s1. The molecule has 0 radical (unpaired) electrons. The SMILES string of the molecule is CCCCCC[C@H](C(C)=O)[C@@H](CCCC)CCCCCOCc1ccccc1. The zero-order chi connectivity index (χ0) is 20.5. The topological polar surface area (TPSA) is 26.3 Å². The van der Waals surface area contributed by atoms with Gasteiger partial charge in [0.1, 0.15) is 5.78 Å². The zero-order valence-corrected chi connectivity index (χ0v) is 18.8. The molecule has 0 aromatic heterocycles. The lowest BCUT2D eigenvalue weighted by Crippen LogP contribution is -2.22. The average molecular weight is 389 g/mol. The predicted molar refractivity (Wildman–Crippen MR) is 121 cm³/mol. The van der Waals surface area contributed by atoms with Gasteiger partial charge in [0.2, 0.25) is 0 Å². The van der Waals surface area contributed by atoms with Crippen LogP contribution in [0.25, 0.3) is 0 Å². The summed E-state index contributed by atoms with van der Waals surface area (Å²) in [4.78, 5) is 12.3. The Morgan fingerprint density at radius 1 is 0.821 bits per heavy atom. The molecule has 0 aliphatic carbocycles. The number of ketones is 1. The van der Waals surface area contributed by atoms with Crippen molar-refractivity contribution in [3.05, 3.63) is 35.9 Å². The first kappa shape index (κ1) is 24.9. The van der Waals surface area contributed by atoms with Gasteiger partial charge in [-0.2, -0.15) is 0 Å². The molecule has 28 heavy (non-hydrogen) atoms. The summed E-state index contributed by atoms with van der Waals surface area (Å²) in [6, 6.07) is 10.4. The summed E-state index contributed by atoms with van der Waals surface area (Å²) < 4.78 is 5.80. The number of Topliss-reactive ketones (excluding diaryl/α,β-unsaturated/α-hetero) is 1. The molecule has 0 saturated heterocycles. The second-order valence-electron chi connectivity index (χ2n) is 8.36. The Hall–Kier alpha value is -1.15. The monoisotopic (exact) mass is 388 g/mol. The summed E-state index contributed by atoms with van der Waals surface area (Å²) in [6.07, 6.45) is 14.6. The van der Waals surface area contributed by atoms with Crippen molar-refractivity contribution < 1.29 is 9.53 Å². The van der Waals surface area contributed by atoms with Crippen LogP contribution >= 0.6 is 0 Å². The average Bonchev–Trinajstić information content (AvgIpc) is 2.70. The van der Waals surface area contributed by atoms with Crippen LogP contribution in [0.3, 0.4) is 0 Å². The summed E-state index contributed by atoms with van der Waals surface area (Å²) in [6.45, 7) is 7.87. The van der Waals surface area contributed by atoms with Crippen molar-refractivity contribution in [2.45, 2.75) is 104 Å². The van der Waals surface area contributed by atoms with Gasteiger partial charge in [0.05, 0.1) is 6.61 Å². The highest BCUT2D eigenvalue weighted by Crippen LogP contribution is 2.30. The van der Waals surface area contributed by atoms with Crippen LogP contribution in [0.15, 0.2) is 30.3 Å². The van der Waals surface area contributed by atoms with Gasteiger partial charge in [-0.05, 0) is 44.1 Å². The van der Waals surface area contributed by atoms with Crippen LogP contribution in [0.4, 0.5) is 0 Å². The molecule has 0 N–H and O–H groups in total. The molecule has 160 valence electrons. The fourth-order valence-corrected chi connectivity index (χ4v) is 4.13. The van der Waals surface area contributed by atoms with Crippen LogP contribution in [0.5, 0.6) is 0 Å². The first-order valence-corrected chi connectivity index (χ1v) is 11.8. The molecular weight excluding hydrogens is 344 g/mol. The number of ether oxygens (including phenoxy) is 1. The molecule has 2 heteroatoms. The van der Waals surface area contributed by atoms with Gasteiger partial charge in [-0.3, -0.25) is 4.79 Å². The Morgan fingerprint density at radius 3 is 2.14 bits per heavy atom. The van der Waals surface area contributed by atoms with E-state index < -0.39 is 0 Å². The first-order chi connectivity index (χ1) is 13.7. The summed E-state index contributed by atoms with van der Waals surface area (Å²) in [7, 11) is 0. The molecule has 2 atom stereocenters. The van der Waals surface area contributed by atoms with Crippen LogP contribution in [0.1, 0.15) is 103 Å². The maximum atomic E-state index is 12.3. The van der Waals surface area contributed by atoms with Gasteiger partial charge in [0.25, 0.3) is 0 Å². The Morgan fingerprint density at radius 2 is 1.46 bits per heavy atom. The van der Waals surface area contributed by atoms with Gasteiger partial charge in [0.15, 0.2) is 0 Å². The fourth-order valence-electron chi connectivity index (χ4n) is 4.13. The van der Waals surface area contributed by atoms with Crippen molar-refractivity contribution in [3.8, 4) is 0 Å². The van der Waals surface area contributed by atoms with Gasteiger partial charge >= 0.3 is 0 Å². The normalized spacial score (nSPS) is 13.4. The van der Waals surface area contributed by atoms with Crippen molar-refractivity contribution in [3.63, 3.8) is 0 Å². The van der Waals surface area contributed by atoms with E-state index in [9.17, 15) is 4.79 Å². The summed E-state index contributed by atoms with van der Waals surface area (Å²) in [5.74, 6) is 1.30. The van der Waals surface area contributed by atoms with E-state index >= 15 is 0 Å². The lowest BCUT2D eigenvalue weighted by molar-refractivity contribution is -0.122. The van der Waals surface area contributed by atoms with E-state index in [-0.39, 0.29) is 5.92 Å². The first-order valence-electron chi connectivity index (χ1n) is 11.8. The van der Waals surface area contributed by atoms with Crippen molar-refractivity contribution in [1.82, 2.24) is 0 Å². The Bertz CT molecular complexity index is 482. The number of benzene rings is 1. The highest BCUT2D eigenvalue weighted by atomic mass is 16.5. The molecule has 1 aromatic carbocycles. The molecule has 0 saturated carbocycles. The quantitative estimate of drug-likeness (QED) is 0.240. The Kier molecular flexibility index (Phi) is 14.9. The smallest absolute Gasteiger partial charge is 0.133 e. The molecule has 0 aliphatic rings. The summed E-state index contributed by atoms with van der Waals surface area (Å²) >= 11 is 0. The molecule has 1 rings (SSSR count). The maximum absolute atomic E-state index is 12.3. The van der Waals surface area contributed by atoms with E-state index in [2.05, 4.69) is 38.1 Å². The molecule has 0 heterocycles. The number of carbonyl (C=O) groups is 1. The molecule has 0 fully saturated rings. The van der Waals surface area contributed by atoms with Crippen molar-refractivity contribution >= 4 is 5.78 Å². The van der Waals surface area contributed by atoms with E-state index in [0.29, 0.717) is 18.3 Å². The third-order valence-corrected chi connectivity index (χ3v) is 5.86. The number of carbonyl (C=O) groups excluding carboxylic acids is 1. The van der Waals surface area contributed by atoms with Crippen molar-refractivity contribution in [2.24, 2.45) is 11.8 Å². The summed E-state index contributed by atoms with van der Waals surface area (Å²) in [5.41, 5.74) is 1.24. The Labute approximate surface area is 174 Å². The molecule has 0 amide bonds. The lowest BCUT2D eigenvalue weighted by atomic mass is 9.79. The lowest BCUT2D eigenvalue weighted by Gasteiger charge is -2.25. The predicted octanol–water partition coefficient (Wildman–Crippen LogP) is 7.75. The van der Waals surface area contributed by atoms with E-state index in [1.54, 1.807) is 0 Å². The highest BCUT2D eigenvalue weighted by molar-refractivity contribution is 5.78. The van der Waals surface area contributed by atoms with Gasteiger partial charge in [-0.15, -0.1) is 0 Å². The minimum absolute atomic E-state index is 0.290. The van der Waals surface area contributed by atoms with E-state index in [4.69, 9.17) is 4.74 Å². The zero-order valence-electron chi connectivity index (χ0n) is 18.8. The molecule has 1 aromatic rings. The number of unbranched alkanes of at least 4 members (excludes halogenated alkanes) is 6. The van der Waals surface area contributed by atoms with Gasteiger partial charge in [-0.25, -0.2) is 0 Å². The second-order valence-corrected chi connectivity index (χ2v) is 8.36. The van der Waals surface area contributed by atoms with Crippen molar-refractivity contribution in [2.75, 3.05) is 6.61 Å². The van der Waals surface area contributed by atoms with Crippen LogP contribution in [-0.4, -0.2) is 12.4 Å². The van der Waals surface area contributed by atoms with E-state index in [1.165, 1.54) is 69.8 Å². The Balaban J connectivity index is 2.28. The third kappa shape index (κ3) is 11.6. The van der Waals surface area contributed by atoms with E-state index in [0.717, 1.165) is 19.4 Å². The minimum Gasteiger partial charge on any atom is -0.377 e. The van der Waals surface area contributed by atoms with Crippen LogP contribution in [-0.2, 0) is 16.1 Å². The van der Waals surface area contributed by atoms with Gasteiger partial charge in [0, 0.05) is 12.5 Å². The molecule has 0 aliphatic heterocycles. The summed E-state index contributed by atoms with van der Waals surface area (Å²) in [5, 5.41) is 0. The van der Waals surface area contributed by atoms with Crippen LogP contribution < -0.4 is 0 Å². The fraction of sp³-hybridized carbons (Fsp3) is 0.731. The van der Waals surface area contributed by atoms with Gasteiger partial charge in [-0.1, -0.05) is 95.5 Å². The number of rotatable bonds is 18. The third-order valence-electron chi connectivity index (χ3n) is 5.86. The largest absolute Gasteiger partial charge is 0.377 e. The van der Waals surface area contributed by atoms with Crippen LogP contribution in [0, 0.1) is 11.8 Å². The molecule has 2 nitrogen and oxygen atoms in total. The maximum Gasteiger partial charge on any atom is 0.133 e. The number of hydrogen-bond acceptors (Lipinski definition) is 2. The molecular formula is C26H44O2. The second kappa shape index (κ2) is 16.8. The molecule has 0 unspecified atom stereocenters. The minimum atomic E-state index is 0.290. The highest BCUT2D eigenvalue weighted by Gasteiger charge is 2.24. The van der Waals surface area contributed by atoms with E-state index in [1.807, 2.05) is 13.0 Å². The van der Waals surface area contributed by atoms with Crippen LogP contribution in [0.2, 0.25) is 0 Å². The number of hydrogen-bond donors (Lipinski definition) is 0. The molecule has 0 spiro atoms.